The number of nitrogens with two attached hydrogens (primary N) is 1. The number of hydrogen-bond donors (Lipinski definition) is 2. The van der Waals surface area contributed by atoms with Crippen molar-refractivity contribution in [2.75, 3.05) is 11.9 Å². The molecular weight excluding hydrogens is 344 g/mol. The molecular formula is C18H24N8O. The van der Waals surface area contributed by atoms with Crippen molar-refractivity contribution in [3.05, 3.63) is 30.0 Å². The highest BCUT2D eigenvalue weighted by atomic mass is 16.1. The second-order valence-electron chi connectivity index (χ2n) is 8.02. The molecule has 3 aromatic heterocycles. The Morgan fingerprint density at radius 1 is 1.30 bits per heavy atom. The lowest BCUT2D eigenvalue weighted by Gasteiger charge is -2.24. The third kappa shape index (κ3) is 3.13. The van der Waals surface area contributed by atoms with E-state index in [2.05, 4.69) is 46.3 Å². The van der Waals surface area contributed by atoms with Crippen LogP contribution in [-0.2, 0) is 18.5 Å². The van der Waals surface area contributed by atoms with Crippen molar-refractivity contribution in [2.45, 2.75) is 45.7 Å². The lowest BCUT2D eigenvalue weighted by atomic mass is 9.96. The summed E-state index contributed by atoms with van der Waals surface area (Å²) in [4.78, 5) is 20.3. The van der Waals surface area contributed by atoms with Crippen LogP contribution in [0.15, 0.2) is 18.7 Å². The number of hydrogen-bond acceptors (Lipinski definition) is 6. The minimum Gasteiger partial charge on any atom is -0.369 e. The zero-order valence-corrected chi connectivity index (χ0v) is 15.8. The van der Waals surface area contributed by atoms with Crippen molar-refractivity contribution in [1.82, 2.24) is 29.5 Å². The van der Waals surface area contributed by atoms with Gasteiger partial charge >= 0.3 is 0 Å². The Hall–Kier alpha value is -2.97. The molecule has 0 spiro atoms. The van der Waals surface area contributed by atoms with E-state index in [0.29, 0.717) is 11.5 Å². The molecule has 4 heterocycles. The van der Waals surface area contributed by atoms with Gasteiger partial charge in [0.1, 0.15) is 12.1 Å². The van der Waals surface area contributed by atoms with Gasteiger partial charge in [-0.15, -0.1) is 0 Å². The first-order valence-corrected chi connectivity index (χ1v) is 9.12. The minimum absolute atomic E-state index is 0.147. The second kappa shape index (κ2) is 6.33. The summed E-state index contributed by atoms with van der Waals surface area (Å²) >= 11 is 0. The van der Waals surface area contributed by atoms with E-state index < -0.39 is 5.91 Å². The largest absolute Gasteiger partial charge is 0.369 e. The monoisotopic (exact) mass is 368 g/mol. The molecule has 0 bridgehead atoms. The molecule has 9 nitrogen and oxygen atoms in total. The van der Waals surface area contributed by atoms with Crippen molar-refractivity contribution in [1.29, 1.82) is 0 Å². The molecule has 27 heavy (non-hydrogen) atoms. The number of primary amides is 1. The lowest BCUT2D eigenvalue weighted by Crippen LogP contribution is -2.28. The van der Waals surface area contributed by atoms with Crippen molar-refractivity contribution < 1.29 is 4.79 Å². The zero-order valence-electron chi connectivity index (χ0n) is 15.8. The van der Waals surface area contributed by atoms with Crippen LogP contribution in [0.2, 0.25) is 0 Å². The van der Waals surface area contributed by atoms with Gasteiger partial charge in [-0.25, -0.2) is 14.6 Å². The highest BCUT2D eigenvalue weighted by Crippen LogP contribution is 2.26. The van der Waals surface area contributed by atoms with Crippen molar-refractivity contribution in [2.24, 2.45) is 11.7 Å². The van der Waals surface area contributed by atoms with Gasteiger partial charge in [-0.1, -0.05) is 0 Å². The van der Waals surface area contributed by atoms with E-state index in [0.717, 1.165) is 48.5 Å². The van der Waals surface area contributed by atoms with Gasteiger partial charge in [0.05, 0.1) is 34.6 Å². The SMILES string of the molecule is CC(C)(C)n1ncc2c(NC[C@@H]3CCc4c(C(N)=O)cnn4C3)ncnc21. The summed E-state index contributed by atoms with van der Waals surface area (Å²) in [6, 6.07) is 0. The van der Waals surface area contributed by atoms with E-state index in [-0.39, 0.29) is 5.54 Å². The lowest BCUT2D eigenvalue weighted by molar-refractivity contribution is 0.0998. The van der Waals surface area contributed by atoms with Crippen LogP contribution in [0.3, 0.4) is 0 Å². The number of carbonyl (C=O) groups is 1. The molecule has 3 aromatic rings. The molecule has 0 unspecified atom stereocenters. The topological polar surface area (TPSA) is 117 Å². The van der Waals surface area contributed by atoms with E-state index >= 15 is 0 Å². The molecule has 142 valence electrons. The maximum absolute atomic E-state index is 11.5. The maximum atomic E-state index is 11.5. The van der Waals surface area contributed by atoms with Crippen LogP contribution in [0.25, 0.3) is 11.0 Å². The molecule has 1 aliphatic rings. The molecule has 0 saturated carbocycles. The third-order valence-corrected chi connectivity index (χ3v) is 4.99. The molecule has 0 fully saturated rings. The molecule has 0 aromatic carbocycles. The summed E-state index contributed by atoms with van der Waals surface area (Å²) in [6.07, 6.45) is 6.72. The maximum Gasteiger partial charge on any atom is 0.252 e. The molecule has 1 aliphatic heterocycles. The second-order valence-corrected chi connectivity index (χ2v) is 8.02. The molecule has 1 amide bonds. The van der Waals surface area contributed by atoms with Crippen molar-refractivity contribution in [3.8, 4) is 0 Å². The normalized spacial score (nSPS) is 17.1. The summed E-state index contributed by atoms with van der Waals surface area (Å²) in [5, 5.41) is 13.2. The summed E-state index contributed by atoms with van der Waals surface area (Å²) in [5.74, 6) is 0.771. The first kappa shape index (κ1) is 17.4. The molecule has 3 N–H and O–H groups in total. The fraction of sp³-hybridized carbons (Fsp3) is 0.500. The average molecular weight is 368 g/mol. The summed E-state index contributed by atoms with van der Waals surface area (Å²) in [6.45, 7) is 7.80. The number of anilines is 1. The van der Waals surface area contributed by atoms with E-state index in [1.807, 2.05) is 15.6 Å². The average Bonchev–Trinajstić information content (AvgIpc) is 3.23. The van der Waals surface area contributed by atoms with Gasteiger partial charge in [-0.2, -0.15) is 10.2 Å². The molecule has 0 aliphatic carbocycles. The first-order valence-electron chi connectivity index (χ1n) is 9.12. The number of rotatable bonds is 4. The summed E-state index contributed by atoms with van der Waals surface area (Å²) in [5.41, 5.74) is 7.56. The molecule has 1 atom stereocenters. The predicted octanol–water partition coefficient (Wildman–Crippen LogP) is 1.55. The van der Waals surface area contributed by atoms with Crippen LogP contribution in [0.4, 0.5) is 5.82 Å². The van der Waals surface area contributed by atoms with Crippen molar-refractivity contribution in [3.63, 3.8) is 0 Å². The van der Waals surface area contributed by atoms with Gasteiger partial charge in [-0.3, -0.25) is 9.48 Å². The molecule has 0 radical (unpaired) electrons. The van der Waals surface area contributed by atoms with Gasteiger partial charge in [-0.05, 0) is 39.5 Å². The van der Waals surface area contributed by atoms with E-state index in [1.165, 1.54) is 0 Å². The van der Waals surface area contributed by atoms with Crippen LogP contribution < -0.4 is 11.1 Å². The minimum atomic E-state index is -0.410. The number of nitrogens with zero attached hydrogens (tertiary/aromatic N) is 6. The Morgan fingerprint density at radius 3 is 2.85 bits per heavy atom. The van der Waals surface area contributed by atoms with Gasteiger partial charge in [0, 0.05) is 13.1 Å². The number of aromatic nitrogens is 6. The van der Waals surface area contributed by atoms with Crippen LogP contribution in [-0.4, -0.2) is 42.0 Å². The standard InChI is InChI=1S/C18H24N8O/c1-18(2,3)26-17-13(8-24-26)16(21-10-22-17)20-6-11-4-5-14-12(15(19)27)7-23-25(14)9-11/h7-8,10-11H,4-6,9H2,1-3H3,(H2,19,27)(H,20,21,22)/t11-/m0/s1. The number of fused-ring (bicyclic) bond motifs is 2. The van der Waals surface area contributed by atoms with Crippen LogP contribution in [0.1, 0.15) is 43.2 Å². The Morgan fingerprint density at radius 2 is 2.11 bits per heavy atom. The highest BCUT2D eigenvalue weighted by molar-refractivity contribution is 5.93. The Kier molecular flexibility index (Phi) is 4.09. The smallest absolute Gasteiger partial charge is 0.252 e. The number of carbonyl (C=O) groups excluding carboxylic acids is 1. The Bertz CT molecular complexity index is 997. The van der Waals surface area contributed by atoms with Gasteiger partial charge in [0.25, 0.3) is 5.91 Å². The van der Waals surface area contributed by atoms with Crippen LogP contribution in [0, 0.1) is 5.92 Å². The van der Waals surface area contributed by atoms with E-state index in [4.69, 9.17) is 5.73 Å². The highest BCUT2D eigenvalue weighted by Gasteiger charge is 2.24. The fourth-order valence-corrected chi connectivity index (χ4v) is 3.60. The fourth-order valence-electron chi connectivity index (χ4n) is 3.60. The molecule has 4 rings (SSSR count). The molecule has 0 saturated heterocycles. The number of nitrogens with one attached hydrogen (secondary N) is 1. The first-order chi connectivity index (χ1) is 12.8. The summed E-state index contributed by atoms with van der Waals surface area (Å²) < 4.78 is 3.81. The quantitative estimate of drug-likeness (QED) is 0.722. The third-order valence-electron chi connectivity index (χ3n) is 4.99. The number of amides is 1. The van der Waals surface area contributed by atoms with E-state index in [1.54, 1.807) is 12.5 Å². The zero-order chi connectivity index (χ0) is 19.2. The predicted molar refractivity (Wildman–Crippen MR) is 101 cm³/mol. The Labute approximate surface area is 157 Å². The van der Waals surface area contributed by atoms with E-state index in [9.17, 15) is 4.79 Å². The van der Waals surface area contributed by atoms with Crippen LogP contribution in [0.5, 0.6) is 0 Å². The van der Waals surface area contributed by atoms with Gasteiger partial charge in [0.2, 0.25) is 0 Å². The van der Waals surface area contributed by atoms with Gasteiger partial charge in [0.15, 0.2) is 5.65 Å². The Balaban J connectivity index is 1.50. The molecule has 9 heteroatoms. The van der Waals surface area contributed by atoms with Crippen LogP contribution >= 0.6 is 0 Å². The summed E-state index contributed by atoms with van der Waals surface area (Å²) in [7, 11) is 0. The van der Waals surface area contributed by atoms with Gasteiger partial charge < -0.3 is 11.1 Å². The van der Waals surface area contributed by atoms with Crippen molar-refractivity contribution >= 4 is 22.8 Å².